The molecule has 0 N–H and O–H groups in total. The largest absolute Gasteiger partial charge is 0.437 e. The summed E-state index contributed by atoms with van der Waals surface area (Å²) in [6, 6.07) is 14.9. The highest BCUT2D eigenvalue weighted by Crippen LogP contribution is 2.33. The highest BCUT2D eigenvalue weighted by atomic mass is 79.9. The molecule has 0 radical (unpaired) electrons. The summed E-state index contributed by atoms with van der Waals surface area (Å²) in [7, 11) is 0. The molecule has 0 saturated heterocycles. The number of carbonyl (C=O) groups excluding carboxylic acids is 1. The van der Waals surface area contributed by atoms with E-state index in [-0.39, 0.29) is 0 Å². The number of nitrogens with zero attached hydrogens (tertiary/aromatic N) is 1. The average Bonchev–Trinajstić information content (AvgIpc) is 2.49. The Balaban J connectivity index is 2.08. The molecule has 0 aliphatic rings. The molecule has 0 atom stereocenters. The number of pyridine rings is 1. The number of carbonyl (C=O) groups is 1. The molecule has 3 aromatic rings. The fourth-order valence-corrected chi connectivity index (χ4v) is 3.07. The number of benzene rings is 2. The van der Waals surface area contributed by atoms with Crippen LogP contribution in [0.15, 0.2) is 57.5 Å². The molecule has 0 unspecified atom stereocenters. The fourth-order valence-electron chi connectivity index (χ4n) is 1.94. The lowest BCUT2D eigenvalue weighted by Gasteiger charge is -2.10. The van der Waals surface area contributed by atoms with Crippen molar-refractivity contribution < 1.29 is 9.53 Å². The maximum Gasteiger partial charge on any atom is 0.230 e. The monoisotopic (exact) mass is 405 g/mol. The maximum absolute atomic E-state index is 11.3. The molecule has 104 valence electrons. The van der Waals surface area contributed by atoms with Crippen molar-refractivity contribution in [2.24, 2.45) is 0 Å². The van der Waals surface area contributed by atoms with Gasteiger partial charge in [-0.05, 0) is 46.3 Å². The summed E-state index contributed by atoms with van der Waals surface area (Å²) in [6.45, 7) is 0. The van der Waals surface area contributed by atoms with Gasteiger partial charge in [-0.3, -0.25) is 4.79 Å². The van der Waals surface area contributed by atoms with Crippen LogP contribution in [0.25, 0.3) is 10.9 Å². The number of fused-ring (bicyclic) bond motifs is 1. The van der Waals surface area contributed by atoms with Crippen molar-refractivity contribution >= 4 is 49.0 Å². The molecule has 0 aliphatic carbocycles. The van der Waals surface area contributed by atoms with Crippen molar-refractivity contribution in [3.8, 4) is 11.6 Å². The number of aldehydes is 1. The second-order valence-corrected chi connectivity index (χ2v) is 6.14. The Morgan fingerprint density at radius 2 is 1.86 bits per heavy atom. The zero-order valence-electron chi connectivity index (χ0n) is 10.7. The van der Waals surface area contributed by atoms with Gasteiger partial charge in [-0.25, -0.2) is 4.98 Å². The summed E-state index contributed by atoms with van der Waals surface area (Å²) in [6.07, 6.45) is 0.752. The first-order chi connectivity index (χ1) is 10.2. The van der Waals surface area contributed by atoms with E-state index in [1.165, 1.54) is 0 Å². The van der Waals surface area contributed by atoms with Crippen molar-refractivity contribution in [3.63, 3.8) is 0 Å². The van der Waals surface area contributed by atoms with Gasteiger partial charge < -0.3 is 4.74 Å². The number of hydrogen-bond donors (Lipinski definition) is 0. The Morgan fingerprint density at radius 1 is 1.05 bits per heavy atom. The molecule has 0 amide bonds. The molecule has 1 heterocycles. The SMILES string of the molecule is O=Cc1cc2ccccc2nc1Oc1ccc(Br)cc1Br. The van der Waals surface area contributed by atoms with E-state index in [4.69, 9.17) is 4.74 Å². The molecule has 5 heteroatoms. The van der Waals surface area contributed by atoms with E-state index >= 15 is 0 Å². The van der Waals surface area contributed by atoms with Crippen LogP contribution in [0.1, 0.15) is 10.4 Å². The molecule has 0 fully saturated rings. The van der Waals surface area contributed by atoms with Gasteiger partial charge in [-0.1, -0.05) is 34.1 Å². The van der Waals surface area contributed by atoms with E-state index in [0.29, 0.717) is 17.2 Å². The molecule has 21 heavy (non-hydrogen) atoms. The number of halogens is 2. The molecule has 0 bridgehead atoms. The maximum atomic E-state index is 11.3. The summed E-state index contributed by atoms with van der Waals surface area (Å²) in [5.74, 6) is 0.899. The first-order valence-electron chi connectivity index (χ1n) is 6.15. The lowest BCUT2D eigenvalue weighted by Crippen LogP contribution is -1.95. The molecule has 2 aromatic carbocycles. The first kappa shape index (κ1) is 14.2. The van der Waals surface area contributed by atoms with Gasteiger partial charge in [0, 0.05) is 9.86 Å². The highest BCUT2D eigenvalue weighted by molar-refractivity contribution is 9.11. The third-order valence-corrected chi connectivity index (χ3v) is 4.06. The molecular weight excluding hydrogens is 398 g/mol. The van der Waals surface area contributed by atoms with E-state index in [2.05, 4.69) is 36.8 Å². The van der Waals surface area contributed by atoms with Crippen LogP contribution in [-0.2, 0) is 0 Å². The van der Waals surface area contributed by atoms with Crippen molar-refractivity contribution in [1.29, 1.82) is 0 Å². The van der Waals surface area contributed by atoms with Crippen LogP contribution in [0.5, 0.6) is 11.6 Å². The topological polar surface area (TPSA) is 39.2 Å². The van der Waals surface area contributed by atoms with Crippen LogP contribution < -0.4 is 4.74 Å². The zero-order chi connectivity index (χ0) is 14.8. The van der Waals surface area contributed by atoms with Gasteiger partial charge in [-0.2, -0.15) is 0 Å². The molecule has 0 saturated carbocycles. The van der Waals surface area contributed by atoms with Gasteiger partial charge in [0.05, 0.1) is 15.6 Å². The normalized spacial score (nSPS) is 10.6. The molecule has 0 aliphatic heterocycles. The number of para-hydroxylation sites is 1. The Hall–Kier alpha value is -1.72. The minimum Gasteiger partial charge on any atom is -0.437 e. The van der Waals surface area contributed by atoms with Gasteiger partial charge in [0.15, 0.2) is 6.29 Å². The number of rotatable bonds is 3. The summed E-state index contributed by atoms with van der Waals surface area (Å²) < 4.78 is 7.50. The predicted octanol–water partition coefficient (Wildman–Crippen LogP) is 5.36. The van der Waals surface area contributed by atoms with Crippen molar-refractivity contribution in [1.82, 2.24) is 4.98 Å². The predicted molar refractivity (Wildman–Crippen MR) is 89.0 cm³/mol. The number of aromatic nitrogens is 1. The van der Waals surface area contributed by atoms with Crippen LogP contribution in [0.3, 0.4) is 0 Å². The third-order valence-electron chi connectivity index (χ3n) is 2.94. The van der Waals surface area contributed by atoms with Gasteiger partial charge in [0.25, 0.3) is 0 Å². The van der Waals surface area contributed by atoms with Gasteiger partial charge in [0.1, 0.15) is 5.75 Å². The smallest absolute Gasteiger partial charge is 0.230 e. The summed E-state index contributed by atoms with van der Waals surface area (Å²) in [4.78, 5) is 15.7. The standard InChI is InChI=1S/C16H9Br2NO2/c17-12-5-6-15(13(18)8-12)21-16-11(9-20)7-10-3-1-2-4-14(10)19-16/h1-9H. The van der Waals surface area contributed by atoms with Crippen LogP contribution in [0, 0.1) is 0 Å². The Kier molecular flexibility index (Phi) is 4.03. The van der Waals surface area contributed by atoms with Crippen molar-refractivity contribution in [2.45, 2.75) is 0 Å². The van der Waals surface area contributed by atoms with Crippen LogP contribution in [0.4, 0.5) is 0 Å². The minimum atomic E-state index is 0.298. The average molecular weight is 407 g/mol. The van der Waals surface area contributed by atoms with Crippen LogP contribution in [0.2, 0.25) is 0 Å². The van der Waals surface area contributed by atoms with E-state index in [1.54, 1.807) is 12.1 Å². The van der Waals surface area contributed by atoms with E-state index in [1.807, 2.05) is 36.4 Å². The summed E-state index contributed by atoms with van der Waals surface area (Å²) >= 11 is 6.81. The highest BCUT2D eigenvalue weighted by Gasteiger charge is 2.11. The molecule has 3 nitrogen and oxygen atoms in total. The molecular formula is C16H9Br2NO2. The Bertz CT molecular complexity index is 834. The Labute approximate surface area is 138 Å². The van der Waals surface area contributed by atoms with Crippen LogP contribution >= 0.6 is 31.9 Å². The van der Waals surface area contributed by atoms with E-state index < -0.39 is 0 Å². The fraction of sp³-hybridized carbons (Fsp3) is 0. The van der Waals surface area contributed by atoms with E-state index in [9.17, 15) is 4.79 Å². The number of hydrogen-bond acceptors (Lipinski definition) is 3. The van der Waals surface area contributed by atoms with Gasteiger partial charge in [0.2, 0.25) is 5.88 Å². The summed E-state index contributed by atoms with van der Waals surface area (Å²) in [5.41, 5.74) is 1.20. The number of ether oxygens (including phenoxy) is 1. The van der Waals surface area contributed by atoms with Crippen molar-refractivity contribution in [3.05, 3.63) is 63.0 Å². The second-order valence-electron chi connectivity index (χ2n) is 4.37. The van der Waals surface area contributed by atoms with Gasteiger partial charge in [-0.15, -0.1) is 0 Å². The van der Waals surface area contributed by atoms with Crippen molar-refractivity contribution in [2.75, 3.05) is 0 Å². The molecule has 0 spiro atoms. The lowest BCUT2D eigenvalue weighted by molar-refractivity contribution is 0.112. The molecule has 3 rings (SSSR count). The lowest BCUT2D eigenvalue weighted by atomic mass is 10.1. The zero-order valence-corrected chi connectivity index (χ0v) is 13.9. The quantitative estimate of drug-likeness (QED) is 0.549. The second kappa shape index (κ2) is 5.95. The third kappa shape index (κ3) is 2.99. The Morgan fingerprint density at radius 3 is 2.62 bits per heavy atom. The van der Waals surface area contributed by atoms with Gasteiger partial charge >= 0.3 is 0 Å². The van der Waals surface area contributed by atoms with Crippen LogP contribution in [-0.4, -0.2) is 11.3 Å². The minimum absolute atomic E-state index is 0.298. The van der Waals surface area contributed by atoms with E-state index in [0.717, 1.165) is 26.1 Å². The first-order valence-corrected chi connectivity index (χ1v) is 7.74. The summed E-state index contributed by atoms with van der Waals surface area (Å²) in [5, 5.41) is 0.904. The molecule has 1 aromatic heterocycles.